The summed E-state index contributed by atoms with van der Waals surface area (Å²) in [6, 6.07) is 4.70. The van der Waals surface area contributed by atoms with E-state index >= 15 is 0 Å². The molecular formula is C11H12BrClN2O. The summed E-state index contributed by atoms with van der Waals surface area (Å²) in [5, 5.41) is 3.59. The number of halogens is 2. The molecule has 1 atom stereocenters. The molecule has 0 saturated heterocycles. The van der Waals surface area contributed by atoms with E-state index in [0.717, 1.165) is 10.2 Å². The summed E-state index contributed by atoms with van der Waals surface area (Å²) in [5.41, 5.74) is 6.67. The van der Waals surface area contributed by atoms with Crippen LogP contribution in [0.25, 0.3) is 0 Å². The van der Waals surface area contributed by atoms with Gasteiger partial charge in [-0.15, -0.1) is 0 Å². The van der Waals surface area contributed by atoms with Crippen LogP contribution < -0.4 is 11.1 Å². The van der Waals surface area contributed by atoms with Crippen LogP contribution in [0, 0.1) is 0 Å². The first-order valence-corrected chi connectivity index (χ1v) is 5.75. The van der Waals surface area contributed by atoms with Gasteiger partial charge in [0, 0.05) is 10.2 Å². The summed E-state index contributed by atoms with van der Waals surface area (Å²) in [6.45, 7) is 5.46. The number of hydrogen-bond donors (Lipinski definition) is 2. The number of hydrogen-bond acceptors (Lipinski definition) is 2. The van der Waals surface area contributed by atoms with Crippen LogP contribution in [-0.4, -0.2) is 11.9 Å². The second kappa shape index (κ2) is 5.37. The molecule has 3 N–H and O–H groups in total. The van der Waals surface area contributed by atoms with Crippen LogP contribution in [0.15, 0.2) is 34.8 Å². The van der Waals surface area contributed by atoms with Gasteiger partial charge < -0.3 is 11.1 Å². The summed E-state index contributed by atoms with van der Waals surface area (Å²) in [5.74, 6) is -0.460. The minimum atomic E-state index is -0.576. The van der Waals surface area contributed by atoms with E-state index in [9.17, 15) is 4.79 Å². The molecular weight excluding hydrogens is 291 g/mol. The molecule has 1 aromatic rings. The highest BCUT2D eigenvalue weighted by Gasteiger charge is 2.15. The SMILES string of the molecule is C=C(C)C(Nc1ccc(Cl)c(Br)c1)C(N)=O. The highest BCUT2D eigenvalue weighted by Crippen LogP contribution is 2.26. The quantitative estimate of drug-likeness (QED) is 0.840. The van der Waals surface area contributed by atoms with E-state index in [4.69, 9.17) is 17.3 Å². The fraction of sp³-hybridized carbons (Fsp3) is 0.182. The maximum Gasteiger partial charge on any atom is 0.244 e. The van der Waals surface area contributed by atoms with Gasteiger partial charge in [0.25, 0.3) is 0 Å². The Morgan fingerprint density at radius 1 is 1.62 bits per heavy atom. The number of carbonyl (C=O) groups is 1. The first-order valence-electron chi connectivity index (χ1n) is 4.58. The van der Waals surface area contributed by atoms with Crippen molar-refractivity contribution in [2.45, 2.75) is 13.0 Å². The Balaban J connectivity index is 2.90. The Morgan fingerprint density at radius 3 is 2.69 bits per heavy atom. The van der Waals surface area contributed by atoms with Gasteiger partial charge in [0.2, 0.25) is 5.91 Å². The van der Waals surface area contributed by atoms with E-state index in [1.165, 1.54) is 0 Å². The standard InChI is InChI=1S/C11H12BrClN2O/c1-6(2)10(11(14)16)15-7-3-4-9(13)8(12)5-7/h3-5,10,15H,1H2,2H3,(H2,14,16). The molecule has 86 valence electrons. The minimum absolute atomic E-state index is 0.460. The predicted molar refractivity (Wildman–Crippen MR) is 70.6 cm³/mol. The molecule has 0 heterocycles. The number of rotatable bonds is 4. The average Bonchev–Trinajstić information content (AvgIpc) is 2.18. The first-order chi connectivity index (χ1) is 7.41. The van der Waals surface area contributed by atoms with Gasteiger partial charge in [-0.05, 0) is 46.6 Å². The van der Waals surface area contributed by atoms with Gasteiger partial charge in [-0.1, -0.05) is 18.2 Å². The lowest BCUT2D eigenvalue weighted by Crippen LogP contribution is -2.36. The van der Waals surface area contributed by atoms with Crippen molar-refractivity contribution in [1.82, 2.24) is 0 Å². The molecule has 16 heavy (non-hydrogen) atoms. The third-order valence-corrected chi connectivity index (χ3v) is 3.22. The van der Waals surface area contributed by atoms with Gasteiger partial charge in [-0.3, -0.25) is 4.79 Å². The van der Waals surface area contributed by atoms with Crippen molar-refractivity contribution in [3.63, 3.8) is 0 Å². The number of amides is 1. The third kappa shape index (κ3) is 3.25. The topological polar surface area (TPSA) is 55.1 Å². The number of nitrogens with two attached hydrogens (primary N) is 1. The normalized spacial score (nSPS) is 11.9. The molecule has 1 rings (SSSR count). The Hall–Kier alpha value is -1.00. The molecule has 0 spiro atoms. The van der Waals surface area contributed by atoms with Crippen LogP contribution in [0.4, 0.5) is 5.69 Å². The van der Waals surface area contributed by atoms with Crippen molar-refractivity contribution >= 4 is 39.1 Å². The number of primary amides is 1. The van der Waals surface area contributed by atoms with Crippen molar-refractivity contribution in [2.24, 2.45) is 5.73 Å². The lowest BCUT2D eigenvalue weighted by Gasteiger charge is -2.16. The number of benzene rings is 1. The molecule has 1 amide bonds. The summed E-state index contributed by atoms with van der Waals surface area (Å²) < 4.78 is 0.754. The maximum absolute atomic E-state index is 11.2. The molecule has 0 fully saturated rings. The Labute approximate surface area is 108 Å². The van der Waals surface area contributed by atoms with Crippen LogP contribution >= 0.6 is 27.5 Å². The molecule has 1 unspecified atom stereocenters. The van der Waals surface area contributed by atoms with Crippen molar-refractivity contribution in [3.8, 4) is 0 Å². The zero-order chi connectivity index (χ0) is 12.3. The highest BCUT2D eigenvalue weighted by atomic mass is 79.9. The summed E-state index contributed by atoms with van der Waals surface area (Å²) >= 11 is 9.16. The molecule has 0 aliphatic carbocycles. The number of nitrogens with one attached hydrogen (secondary N) is 1. The molecule has 0 radical (unpaired) electrons. The fourth-order valence-corrected chi connectivity index (χ4v) is 1.69. The zero-order valence-corrected chi connectivity index (χ0v) is 11.1. The second-order valence-corrected chi connectivity index (χ2v) is 4.72. The van der Waals surface area contributed by atoms with Gasteiger partial charge in [-0.2, -0.15) is 0 Å². The number of carbonyl (C=O) groups excluding carboxylic acids is 1. The maximum atomic E-state index is 11.2. The van der Waals surface area contributed by atoms with Gasteiger partial charge in [0.05, 0.1) is 5.02 Å². The molecule has 0 aromatic heterocycles. The third-order valence-electron chi connectivity index (χ3n) is 2.01. The van der Waals surface area contributed by atoms with E-state index in [0.29, 0.717) is 10.6 Å². The highest BCUT2D eigenvalue weighted by molar-refractivity contribution is 9.10. The van der Waals surface area contributed by atoms with Crippen molar-refractivity contribution in [2.75, 3.05) is 5.32 Å². The Kier molecular flexibility index (Phi) is 4.38. The van der Waals surface area contributed by atoms with Gasteiger partial charge >= 0.3 is 0 Å². The second-order valence-electron chi connectivity index (χ2n) is 3.45. The van der Waals surface area contributed by atoms with E-state index in [1.807, 2.05) is 0 Å². The average molecular weight is 304 g/mol. The Morgan fingerprint density at radius 2 is 2.25 bits per heavy atom. The minimum Gasteiger partial charge on any atom is -0.370 e. The summed E-state index contributed by atoms with van der Waals surface area (Å²) in [7, 11) is 0. The van der Waals surface area contributed by atoms with Crippen LogP contribution in [0.5, 0.6) is 0 Å². The van der Waals surface area contributed by atoms with Crippen LogP contribution in [-0.2, 0) is 4.79 Å². The van der Waals surface area contributed by atoms with Gasteiger partial charge in [0.1, 0.15) is 6.04 Å². The molecule has 0 bridgehead atoms. The lowest BCUT2D eigenvalue weighted by atomic mass is 10.1. The van der Waals surface area contributed by atoms with E-state index in [1.54, 1.807) is 25.1 Å². The van der Waals surface area contributed by atoms with E-state index in [2.05, 4.69) is 27.8 Å². The van der Waals surface area contributed by atoms with Crippen LogP contribution in [0.1, 0.15) is 6.92 Å². The summed E-state index contributed by atoms with van der Waals surface area (Å²) in [6.07, 6.45) is 0. The van der Waals surface area contributed by atoms with Crippen molar-refractivity contribution < 1.29 is 4.79 Å². The molecule has 0 saturated carbocycles. The van der Waals surface area contributed by atoms with E-state index in [-0.39, 0.29) is 0 Å². The zero-order valence-electron chi connectivity index (χ0n) is 8.76. The van der Waals surface area contributed by atoms with Crippen LogP contribution in [0.3, 0.4) is 0 Å². The number of anilines is 1. The largest absolute Gasteiger partial charge is 0.370 e. The molecule has 0 aliphatic heterocycles. The smallest absolute Gasteiger partial charge is 0.244 e. The van der Waals surface area contributed by atoms with Crippen molar-refractivity contribution in [1.29, 1.82) is 0 Å². The Bertz CT molecular complexity index is 420. The molecule has 3 nitrogen and oxygen atoms in total. The van der Waals surface area contributed by atoms with Gasteiger partial charge in [-0.25, -0.2) is 0 Å². The van der Waals surface area contributed by atoms with Crippen LogP contribution in [0.2, 0.25) is 5.02 Å². The lowest BCUT2D eigenvalue weighted by molar-refractivity contribution is -0.118. The van der Waals surface area contributed by atoms with Crippen molar-refractivity contribution in [3.05, 3.63) is 39.8 Å². The molecule has 5 heteroatoms. The summed E-state index contributed by atoms with van der Waals surface area (Å²) in [4.78, 5) is 11.2. The molecule has 1 aromatic carbocycles. The van der Waals surface area contributed by atoms with Gasteiger partial charge in [0.15, 0.2) is 0 Å². The fourth-order valence-electron chi connectivity index (χ4n) is 1.19. The molecule has 0 aliphatic rings. The monoisotopic (exact) mass is 302 g/mol. The first kappa shape index (κ1) is 13.1. The van der Waals surface area contributed by atoms with E-state index < -0.39 is 11.9 Å². The predicted octanol–water partition coefficient (Wildman–Crippen LogP) is 2.94.